The van der Waals surface area contributed by atoms with E-state index in [4.69, 9.17) is 14.3 Å². The Morgan fingerprint density at radius 2 is 1.98 bits per heavy atom. The third kappa shape index (κ3) is 6.05. The fourth-order valence-corrected chi connectivity index (χ4v) is 7.08. The molecule has 7 rings (SSSR count). The molecule has 4 aliphatic heterocycles. The number of carbonyl (C=O) groups excluding carboxylic acids is 1. The summed E-state index contributed by atoms with van der Waals surface area (Å²) in [5, 5.41) is 8.03. The first-order valence-electron chi connectivity index (χ1n) is 15.5. The van der Waals surface area contributed by atoms with Crippen molar-refractivity contribution in [3.63, 3.8) is 0 Å². The highest BCUT2D eigenvalue weighted by molar-refractivity contribution is 6.02. The number of benzene rings is 2. The summed E-state index contributed by atoms with van der Waals surface area (Å²) < 4.78 is 25.6. The number of nitrogens with one attached hydrogen (secondary N) is 2. The Labute approximate surface area is 261 Å². The maximum absolute atomic E-state index is 14.0. The lowest BCUT2D eigenvalue weighted by molar-refractivity contribution is -0.111. The van der Waals surface area contributed by atoms with Crippen molar-refractivity contribution in [1.82, 2.24) is 14.9 Å². The van der Waals surface area contributed by atoms with E-state index >= 15 is 0 Å². The van der Waals surface area contributed by atoms with Gasteiger partial charge in [0, 0.05) is 50.3 Å². The van der Waals surface area contributed by atoms with Crippen LogP contribution < -0.4 is 25.3 Å². The first-order chi connectivity index (χ1) is 22.0. The second kappa shape index (κ2) is 12.6. The Hall–Kier alpha value is -4.26. The number of likely N-dealkylation sites (tertiary alicyclic amines) is 1. The Morgan fingerprint density at radius 3 is 2.71 bits per heavy atom. The second-order valence-electron chi connectivity index (χ2n) is 11.9. The minimum absolute atomic E-state index is 0.184. The summed E-state index contributed by atoms with van der Waals surface area (Å²) in [5.41, 5.74) is 2.98. The molecule has 11 nitrogen and oxygen atoms in total. The van der Waals surface area contributed by atoms with Gasteiger partial charge in [0.15, 0.2) is 5.82 Å². The molecule has 3 aromatic rings. The summed E-state index contributed by atoms with van der Waals surface area (Å²) in [6, 6.07) is 13.0. The number of ether oxygens (including phenoxy) is 2. The van der Waals surface area contributed by atoms with Crippen LogP contribution in [0.25, 0.3) is 0 Å². The number of fused-ring (bicyclic) bond motifs is 2. The minimum atomic E-state index is -0.297. The van der Waals surface area contributed by atoms with Crippen molar-refractivity contribution in [3.05, 3.63) is 72.8 Å². The summed E-state index contributed by atoms with van der Waals surface area (Å²) in [6.07, 6.45) is 7.03. The van der Waals surface area contributed by atoms with Gasteiger partial charge in [0.2, 0.25) is 5.91 Å². The van der Waals surface area contributed by atoms with Crippen LogP contribution in [0.5, 0.6) is 5.75 Å². The van der Waals surface area contributed by atoms with Crippen molar-refractivity contribution >= 4 is 34.6 Å². The van der Waals surface area contributed by atoms with E-state index in [1.807, 2.05) is 18.2 Å². The summed E-state index contributed by atoms with van der Waals surface area (Å²) in [5.74, 6) is 1.06. The van der Waals surface area contributed by atoms with Crippen LogP contribution in [0.2, 0.25) is 0 Å². The average Bonchev–Trinajstić information content (AvgIpc) is 3.84. The van der Waals surface area contributed by atoms with Crippen LogP contribution >= 0.6 is 0 Å². The first kappa shape index (κ1) is 29.5. The van der Waals surface area contributed by atoms with Crippen molar-refractivity contribution in [2.24, 2.45) is 0 Å². The zero-order valence-corrected chi connectivity index (χ0v) is 25.3. The fraction of sp³-hybridized carbons (Fsp3) is 0.424. The van der Waals surface area contributed by atoms with Gasteiger partial charge >= 0.3 is 0 Å². The van der Waals surface area contributed by atoms with Crippen LogP contribution in [-0.2, 0) is 14.4 Å². The smallest absolute Gasteiger partial charge is 0.247 e. The third-order valence-corrected chi connectivity index (χ3v) is 9.26. The molecule has 0 radical (unpaired) electrons. The minimum Gasteiger partial charge on any atom is -0.494 e. The molecule has 3 atom stereocenters. The second-order valence-corrected chi connectivity index (χ2v) is 11.9. The standard InChI is InChI=1S/C33H38FN7O4/c1-3-33(42)38-26-15-27(30(43-2)16-29(26)39-10-7-23(8-11-39)40-18-25-14-24(40)19-44-25)37-31-17-32(36-20-35-31)41-28(9-12-45-41)21-5-4-6-22(34)13-21/h3-6,13,15-17,20,23-25,28H,1,7-12,14,18-19H2,2H3,(H,38,42)(H,35,36,37)/t24-,25-,28+/m0/s1. The van der Waals surface area contributed by atoms with E-state index in [2.05, 4.69) is 37.0 Å². The van der Waals surface area contributed by atoms with Gasteiger partial charge < -0.3 is 25.0 Å². The number of nitrogens with zero attached hydrogens (tertiary/aromatic N) is 5. The third-order valence-electron chi connectivity index (χ3n) is 9.26. The number of anilines is 5. The molecule has 0 aliphatic carbocycles. The number of halogens is 1. The lowest BCUT2D eigenvalue weighted by atomic mass is 10.0. The molecule has 2 aromatic carbocycles. The molecule has 0 spiro atoms. The maximum atomic E-state index is 14.0. The van der Waals surface area contributed by atoms with Crippen molar-refractivity contribution in [2.45, 2.75) is 49.9 Å². The van der Waals surface area contributed by atoms with E-state index in [1.165, 1.54) is 24.5 Å². The molecule has 236 valence electrons. The summed E-state index contributed by atoms with van der Waals surface area (Å²) in [4.78, 5) is 32.2. The molecule has 5 heterocycles. The summed E-state index contributed by atoms with van der Waals surface area (Å²) in [6.45, 7) is 7.74. The van der Waals surface area contributed by atoms with Gasteiger partial charge in [-0.15, -0.1) is 0 Å². The van der Waals surface area contributed by atoms with Crippen LogP contribution in [0, 0.1) is 5.82 Å². The van der Waals surface area contributed by atoms with E-state index < -0.39 is 0 Å². The molecule has 0 unspecified atom stereocenters. The average molecular weight is 616 g/mol. The monoisotopic (exact) mass is 615 g/mol. The van der Waals surface area contributed by atoms with Gasteiger partial charge in [-0.05, 0) is 49.1 Å². The topological polar surface area (TPSA) is 104 Å². The van der Waals surface area contributed by atoms with E-state index in [0.717, 1.165) is 56.8 Å². The number of carbonyl (C=O) groups is 1. The number of amides is 1. The highest BCUT2D eigenvalue weighted by Gasteiger charge is 2.42. The van der Waals surface area contributed by atoms with E-state index in [0.29, 0.717) is 60.0 Å². The van der Waals surface area contributed by atoms with Gasteiger partial charge in [-0.3, -0.25) is 14.5 Å². The molecule has 1 amide bonds. The molecule has 0 saturated carbocycles. The van der Waals surface area contributed by atoms with Crippen LogP contribution in [0.1, 0.15) is 37.3 Å². The molecule has 45 heavy (non-hydrogen) atoms. The Balaban J connectivity index is 1.12. The number of aromatic nitrogens is 2. The largest absolute Gasteiger partial charge is 0.494 e. The molecule has 2 bridgehead atoms. The number of rotatable bonds is 9. The summed E-state index contributed by atoms with van der Waals surface area (Å²) in [7, 11) is 1.62. The van der Waals surface area contributed by atoms with Crippen molar-refractivity contribution in [2.75, 3.05) is 60.6 Å². The number of morpholine rings is 1. The zero-order chi connectivity index (χ0) is 30.9. The van der Waals surface area contributed by atoms with Crippen LogP contribution in [0.15, 0.2) is 61.4 Å². The molecular weight excluding hydrogens is 577 g/mol. The SMILES string of the molecule is C=CC(=O)Nc1cc(Nc2cc(N3OCC[C@@H]3c3cccc(F)c3)ncn2)c(OC)cc1N1CCC(N2C[C@@H]3C[C@H]2CO3)CC1. The zero-order valence-electron chi connectivity index (χ0n) is 25.3. The van der Waals surface area contributed by atoms with E-state index in [1.54, 1.807) is 24.3 Å². The van der Waals surface area contributed by atoms with Gasteiger partial charge in [-0.25, -0.2) is 19.4 Å². The van der Waals surface area contributed by atoms with Gasteiger partial charge in [0.1, 0.15) is 23.7 Å². The van der Waals surface area contributed by atoms with Gasteiger partial charge in [0.05, 0.1) is 49.5 Å². The summed E-state index contributed by atoms with van der Waals surface area (Å²) >= 11 is 0. The molecule has 12 heteroatoms. The van der Waals surface area contributed by atoms with Crippen LogP contribution in [0.3, 0.4) is 0 Å². The molecule has 1 aromatic heterocycles. The number of hydroxylamine groups is 1. The lowest BCUT2D eigenvalue weighted by Crippen LogP contribution is -2.49. The first-order valence-corrected chi connectivity index (χ1v) is 15.5. The number of methoxy groups -OCH3 is 1. The van der Waals surface area contributed by atoms with E-state index in [9.17, 15) is 9.18 Å². The quantitative estimate of drug-likeness (QED) is 0.326. The predicted octanol–water partition coefficient (Wildman–Crippen LogP) is 4.82. The van der Waals surface area contributed by atoms with Crippen molar-refractivity contribution in [1.29, 1.82) is 0 Å². The molecule has 4 aliphatic rings. The molecule has 4 fully saturated rings. The molecular formula is C33H38FN7O4. The number of hydrogen-bond acceptors (Lipinski definition) is 10. The van der Waals surface area contributed by atoms with Gasteiger partial charge in [-0.1, -0.05) is 18.7 Å². The van der Waals surface area contributed by atoms with Gasteiger partial charge in [0.25, 0.3) is 0 Å². The Bertz CT molecular complexity index is 1570. The van der Waals surface area contributed by atoms with Crippen LogP contribution in [-0.4, -0.2) is 78.9 Å². The normalized spacial score (nSPS) is 23.4. The van der Waals surface area contributed by atoms with Crippen molar-refractivity contribution < 1.29 is 23.5 Å². The van der Waals surface area contributed by atoms with Gasteiger partial charge in [-0.2, -0.15) is 0 Å². The predicted molar refractivity (Wildman–Crippen MR) is 169 cm³/mol. The number of piperidine rings is 1. The maximum Gasteiger partial charge on any atom is 0.247 e. The highest BCUT2D eigenvalue weighted by atomic mass is 19.1. The number of hydrogen-bond donors (Lipinski definition) is 2. The Morgan fingerprint density at radius 1 is 1.11 bits per heavy atom. The Kier molecular flexibility index (Phi) is 8.26. The fourth-order valence-electron chi connectivity index (χ4n) is 7.08. The van der Waals surface area contributed by atoms with Crippen molar-refractivity contribution in [3.8, 4) is 5.75 Å². The molecule has 4 saturated heterocycles. The lowest BCUT2D eigenvalue weighted by Gasteiger charge is -2.41. The molecule has 2 N–H and O–H groups in total. The van der Waals surface area contributed by atoms with E-state index in [-0.39, 0.29) is 17.8 Å². The van der Waals surface area contributed by atoms with Crippen LogP contribution in [0.4, 0.5) is 33.1 Å². The highest BCUT2D eigenvalue weighted by Crippen LogP contribution is 2.41.